The van der Waals surface area contributed by atoms with E-state index >= 15 is 0 Å². The second-order valence-corrected chi connectivity index (χ2v) is 5.61. The second kappa shape index (κ2) is 9.94. The molecule has 1 aromatic rings. The number of rotatable bonds is 7. The van der Waals surface area contributed by atoms with Crippen LogP contribution in [0, 0.1) is 0 Å². The number of nitrogens with zero attached hydrogens (tertiary/aromatic N) is 2. The van der Waals surface area contributed by atoms with Crippen LogP contribution in [0.15, 0.2) is 23.2 Å². The van der Waals surface area contributed by atoms with Gasteiger partial charge in [-0.2, -0.15) is 0 Å². The molecular formula is C16H25ClN4O2. The van der Waals surface area contributed by atoms with Crippen LogP contribution in [0.4, 0.5) is 0 Å². The second-order valence-electron chi connectivity index (χ2n) is 5.20. The highest BCUT2D eigenvalue weighted by molar-refractivity contribution is 6.32. The van der Waals surface area contributed by atoms with E-state index in [9.17, 15) is 4.79 Å². The first kappa shape index (κ1) is 19.1. The fourth-order valence-electron chi connectivity index (χ4n) is 1.71. The molecule has 0 saturated heterocycles. The monoisotopic (exact) mass is 340 g/mol. The number of carbonyl (C=O) groups is 1. The Kier molecular flexibility index (Phi) is 8.26. The van der Waals surface area contributed by atoms with E-state index in [0.717, 1.165) is 18.5 Å². The summed E-state index contributed by atoms with van der Waals surface area (Å²) >= 11 is 6.11. The summed E-state index contributed by atoms with van der Waals surface area (Å²) in [6.45, 7) is 3.51. The molecule has 0 aliphatic rings. The summed E-state index contributed by atoms with van der Waals surface area (Å²) in [5.74, 6) is 1.23. The molecule has 0 fully saturated rings. The van der Waals surface area contributed by atoms with Crippen molar-refractivity contribution in [2.75, 3.05) is 34.3 Å². The van der Waals surface area contributed by atoms with Gasteiger partial charge >= 0.3 is 0 Å². The topological polar surface area (TPSA) is 66.0 Å². The van der Waals surface area contributed by atoms with Gasteiger partial charge in [0, 0.05) is 20.6 Å². The zero-order valence-electron chi connectivity index (χ0n) is 14.1. The molecule has 0 bridgehead atoms. The Morgan fingerprint density at radius 1 is 1.35 bits per heavy atom. The Morgan fingerprint density at radius 3 is 2.65 bits per heavy atom. The van der Waals surface area contributed by atoms with E-state index in [1.165, 1.54) is 4.90 Å². The number of guanidine groups is 1. The Bertz CT molecular complexity index is 547. The zero-order valence-corrected chi connectivity index (χ0v) is 14.9. The van der Waals surface area contributed by atoms with Crippen molar-refractivity contribution < 1.29 is 9.53 Å². The summed E-state index contributed by atoms with van der Waals surface area (Å²) < 4.78 is 5.13. The Labute approximate surface area is 142 Å². The third-order valence-electron chi connectivity index (χ3n) is 3.08. The van der Waals surface area contributed by atoms with Crippen LogP contribution in [0.5, 0.6) is 5.75 Å². The minimum atomic E-state index is -0.0107. The zero-order chi connectivity index (χ0) is 17.2. The molecule has 1 aromatic carbocycles. The van der Waals surface area contributed by atoms with E-state index < -0.39 is 0 Å². The van der Waals surface area contributed by atoms with Crippen molar-refractivity contribution in [2.45, 2.75) is 19.9 Å². The number of likely N-dealkylation sites (N-methyl/N-ethyl adjacent to an activating group) is 1. The number of nitrogens with one attached hydrogen (secondary N) is 2. The van der Waals surface area contributed by atoms with E-state index in [1.807, 2.05) is 18.2 Å². The van der Waals surface area contributed by atoms with Gasteiger partial charge in [-0.15, -0.1) is 0 Å². The number of hydrogen-bond acceptors (Lipinski definition) is 3. The molecular weight excluding hydrogens is 316 g/mol. The number of carbonyl (C=O) groups excluding carboxylic acids is 1. The number of benzene rings is 1. The molecule has 0 heterocycles. The Hall–Kier alpha value is -1.95. The van der Waals surface area contributed by atoms with Gasteiger partial charge in [0.25, 0.3) is 0 Å². The standard InChI is InChI=1S/C16H25ClN4O2/c1-5-8-18-16(20-11-15(22)21(2)3)19-10-12-6-7-14(23-4)13(17)9-12/h6-7,9H,5,8,10-11H2,1-4H3,(H2,18,19,20). The predicted molar refractivity (Wildman–Crippen MR) is 94.1 cm³/mol. The number of aliphatic imine (C=N–C) groups is 1. The molecule has 0 aliphatic carbocycles. The number of amides is 1. The predicted octanol–water partition coefficient (Wildman–Crippen LogP) is 1.88. The molecule has 7 heteroatoms. The van der Waals surface area contributed by atoms with Gasteiger partial charge < -0.3 is 20.3 Å². The number of methoxy groups -OCH3 is 1. The molecule has 0 spiro atoms. The van der Waals surface area contributed by atoms with Gasteiger partial charge in [0.15, 0.2) is 5.96 Å². The van der Waals surface area contributed by atoms with Gasteiger partial charge in [-0.3, -0.25) is 4.79 Å². The van der Waals surface area contributed by atoms with Crippen molar-refractivity contribution in [3.05, 3.63) is 28.8 Å². The third kappa shape index (κ3) is 6.78. The van der Waals surface area contributed by atoms with Gasteiger partial charge in [-0.1, -0.05) is 24.6 Å². The SMILES string of the molecule is CCCNC(=NCc1ccc(OC)c(Cl)c1)NCC(=O)N(C)C. The van der Waals surface area contributed by atoms with Crippen molar-refractivity contribution in [1.82, 2.24) is 15.5 Å². The minimum absolute atomic E-state index is 0.0107. The molecule has 0 radical (unpaired) electrons. The van der Waals surface area contributed by atoms with Gasteiger partial charge in [0.05, 0.1) is 25.2 Å². The minimum Gasteiger partial charge on any atom is -0.495 e. The molecule has 0 aromatic heterocycles. The molecule has 0 saturated carbocycles. The highest BCUT2D eigenvalue weighted by Gasteiger charge is 2.06. The van der Waals surface area contributed by atoms with E-state index in [-0.39, 0.29) is 12.5 Å². The molecule has 1 amide bonds. The summed E-state index contributed by atoms with van der Waals surface area (Å²) in [5, 5.41) is 6.77. The number of ether oxygens (including phenoxy) is 1. The largest absolute Gasteiger partial charge is 0.495 e. The van der Waals surface area contributed by atoms with Crippen LogP contribution >= 0.6 is 11.6 Å². The average molecular weight is 341 g/mol. The van der Waals surface area contributed by atoms with Gasteiger partial charge in [0.1, 0.15) is 5.75 Å². The first-order valence-corrected chi connectivity index (χ1v) is 7.90. The lowest BCUT2D eigenvalue weighted by Crippen LogP contribution is -2.43. The first-order chi connectivity index (χ1) is 11.0. The van der Waals surface area contributed by atoms with Gasteiger partial charge in [-0.25, -0.2) is 4.99 Å². The summed E-state index contributed by atoms with van der Waals surface area (Å²) in [6.07, 6.45) is 0.969. The number of hydrogen-bond donors (Lipinski definition) is 2. The van der Waals surface area contributed by atoms with Gasteiger partial charge in [-0.05, 0) is 24.1 Å². The van der Waals surface area contributed by atoms with E-state index in [0.29, 0.717) is 23.3 Å². The Balaban J connectivity index is 2.71. The molecule has 23 heavy (non-hydrogen) atoms. The summed E-state index contributed by atoms with van der Waals surface area (Å²) in [7, 11) is 5.02. The van der Waals surface area contributed by atoms with Crippen LogP contribution in [0.3, 0.4) is 0 Å². The lowest BCUT2D eigenvalue weighted by atomic mass is 10.2. The van der Waals surface area contributed by atoms with E-state index in [1.54, 1.807) is 21.2 Å². The molecule has 6 nitrogen and oxygen atoms in total. The molecule has 0 atom stereocenters. The van der Waals surface area contributed by atoms with Crippen molar-refractivity contribution in [1.29, 1.82) is 0 Å². The summed E-state index contributed by atoms with van der Waals surface area (Å²) in [6, 6.07) is 5.55. The van der Waals surface area contributed by atoms with Crippen LogP contribution in [-0.2, 0) is 11.3 Å². The third-order valence-corrected chi connectivity index (χ3v) is 3.38. The van der Waals surface area contributed by atoms with Crippen LogP contribution in [0.25, 0.3) is 0 Å². The van der Waals surface area contributed by atoms with E-state index in [4.69, 9.17) is 16.3 Å². The lowest BCUT2D eigenvalue weighted by Gasteiger charge is -2.14. The maximum Gasteiger partial charge on any atom is 0.241 e. The lowest BCUT2D eigenvalue weighted by molar-refractivity contribution is -0.127. The smallest absolute Gasteiger partial charge is 0.241 e. The number of halogens is 1. The quantitative estimate of drug-likeness (QED) is 0.587. The fourth-order valence-corrected chi connectivity index (χ4v) is 1.99. The van der Waals surface area contributed by atoms with Crippen molar-refractivity contribution in [3.63, 3.8) is 0 Å². The molecule has 128 valence electrons. The average Bonchev–Trinajstić information content (AvgIpc) is 2.53. The van der Waals surface area contributed by atoms with Crippen LogP contribution in [0.1, 0.15) is 18.9 Å². The van der Waals surface area contributed by atoms with Crippen LogP contribution in [-0.4, -0.2) is 51.1 Å². The maximum absolute atomic E-state index is 11.7. The van der Waals surface area contributed by atoms with Crippen molar-refractivity contribution in [3.8, 4) is 5.75 Å². The molecule has 1 rings (SSSR count). The van der Waals surface area contributed by atoms with Crippen LogP contribution in [0.2, 0.25) is 5.02 Å². The Morgan fingerprint density at radius 2 is 2.09 bits per heavy atom. The maximum atomic E-state index is 11.7. The van der Waals surface area contributed by atoms with E-state index in [2.05, 4.69) is 22.5 Å². The summed E-state index contributed by atoms with van der Waals surface area (Å²) in [4.78, 5) is 17.7. The van der Waals surface area contributed by atoms with Crippen LogP contribution < -0.4 is 15.4 Å². The fraction of sp³-hybridized carbons (Fsp3) is 0.500. The summed E-state index contributed by atoms with van der Waals surface area (Å²) in [5.41, 5.74) is 0.965. The highest BCUT2D eigenvalue weighted by Crippen LogP contribution is 2.25. The normalized spacial score (nSPS) is 11.1. The first-order valence-electron chi connectivity index (χ1n) is 7.52. The van der Waals surface area contributed by atoms with Crippen molar-refractivity contribution in [2.24, 2.45) is 4.99 Å². The molecule has 0 aliphatic heterocycles. The van der Waals surface area contributed by atoms with Gasteiger partial charge in [0.2, 0.25) is 5.91 Å². The molecule has 0 unspecified atom stereocenters. The molecule has 2 N–H and O–H groups in total. The van der Waals surface area contributed by atoms with Crippen molar-refractivity contribution >= 4 is 23.5 Å². The highest BCUT2D eigenvalue weighted by atomic mass is 35.5.